The van der Waals surface area contributed by atoms with E-state index < -0.39 is 0 Å². The molecule has 0 unspecified atom stereocenters. The normalized spacial score (nSPS) is 10.2. The second-order valence-electron chi connectivity index (χ2n) is 4.60. The minimum atomic E-state index is 0. The Morgan fingerprint density at radius 3 is 2.46 bits per heavy atom. The standard InChI is InChI=1S/C14H21N5O3S.ClH/c1-19-14(16-17-18-19)23-8-7-15-9-10-5-6-11(20-2)13(22-4)12(10)21-3;/h5-6,15H,7-9H2,1-4H3;1H. The van der Waals surface area contributed by atoms with Crippen molar-refractivity contribution in [2.24, 2.45) is 7.05 Å². The Hall–Kier alpha value is -1.71. The van der Waals surface area contributed by atoms with Crippen LogP contribution in [0.1, 0.15) is 5.56 Å². The number of rotatable bonds is 9. The first-order chi connectivity index (χ1) is 11.2. The summed E-state index contributed by atoms with van der Waals surface area (Å²) in [6.07, 6.45) is 0. The molecule has 0 atom stereocenters. The average molecular weight is 376 g/mol. The molecule has 10 heteroatoms. The third kappa shape index (κ3) is 4.89. The van der Waals surface area contributed by atoms with Gasteiger partial charge in [0, 0.05) is 31.5 Å². The van der Waals surface area contributed by atoms with E-state index in [0.717, 1.165) is 23.0 Å². The highest BCUT2D eigenvalue weighted by Gasteiger charge is 2.15. The Kier molecular flexibility index (Phi) is 8.66. The lowest BCUT2D eigenvalue weighted by Crippen LogP contribution is -2.17. The summed E-state index contributed by atoms with van der Waals surface area (Å²) >= 11 is 1.60. The number of aryl methyl sites for hydroxylation is 1. The lowest BCUT2D eigenvalue weighted by atomic mass is 10.1. The number of nitrogens with zero attached hydrogens (tertiary/aromatic N) is 4. The molecule has 0 radical (unpaired) electrons. The molecule has 134 valence electrons. The van der Waals surface area contributed by atoms with Gasteiger partial charge in [-0.1, -0.05) is 17.8 Å². The van der Waals surface area contributed by atoms with E-state index in [1.54, 1.807) is 37.8 Å². The van der Waals surface area contributed by atoms with Crippen LogP contribution in [0.5, 0.6) is 17.2 Å². The smallest absolute Gasteiger partial charge is 0.209 e. The summed E-state index contributed by atoms with van der Waals surface area (Å²) in [6, 6.07) is 3.84. The van der Waals surface area contributed by atoms with E-state index >= 15 is 0 Å². The van der Waals surface area contributed by atoms with Crippen LogP contribution >= 0.6 is 24.2 Å². The Labute approximate surface area is 151 Å². The largest absolute Gasteiger partial charge is 0.493 e. The van der Waals surface area contributed by atoms with Crippen molar-refractivity contribution in [3.05, 3.63) is 17.7 Å². The zero-order valence-electron chi connectivity index (χ0n) is 14.1. The molecule has 0 saturated carbocycles. The summed E-state index contributed by atoms with van der Waals surface area (Å²) in [5, 5.41) is 15.5. The van der Waals surface area contributed by atoms with Gasteiger partial charge >= 0.3 is 0 Å². The van der Waals surface area contributed by atoms with Crippen LogP contribution < -0.4 is 19.5 Å². The summed E-state index contributed by atoms with van der Waals surface area (Å²) < 4.78 is 17.8. The van der Waals surface area contributed by atoms with E-state index in [1.807, 2.05) is 19.2 Å². The zero-order valence-corrected chi connectivity index (χ0v) is 15.7. The maximum Gasteiger partial charge on any atom is 0.209 e. The second-order valence-corrected chi connectivity index (χ2v) is 5.67. The molecular formula is C14H22ClN5O3S. The fourth-order valence-electron chi connectivity index (χ4n) is 2.08. The van der Waals surface area contributed by atoms with Crippen molar-refractivity contribution in [1.29, 1.82) is 0 Å². The number of hydrogen-bond acceptors (Lipinski definition) is 8. The molecule has 0 spiro atoms. The summed E-state index contributed by atoms with van der Waals surface area (Å²) in [5.74, 6) is 2.81. The third-order valence-corrected chi connectivity index (χ3v) is 4.20. The summed E-state index contributed by atoms with van der Waals surface area (Å²) in [7, 11) is 6.65. The highest BCUT2D eigenvalue weighted by atomic mass is 35.5. The van der Waals surface area contributed by atoms with E-state index in [-0.39, 0.29) is 12.4 Å². The monoisotopic (exact) mass is 375 g/mol. The second kappa shape index (κ2) is 10.2. The zero-order chi connectivity index (χ0) is 16.7. The van der Waals surface area contributed by atoms with Crippen molar-refractivity contribution in [3.63, 3.8) is 0 Å². The maximum atomic E-state index is 5.46. The number of halogens is 1. The molecule has 0 aliphatic carbocycles. The minimum Gasteiger partial charge on any atom is -0.493 e. The number of ether oxygens (including phenoxy) is 3. The summed E-state index contributed by atoms with van der Waals surface area (Å²) in [4.78, 5) is 0. The van der Waals surface area contributed by atoms with E-state index in [1.165, 1.54) is 0 Å². The van der Waals surface area contributed by atoms with Crippen molar-refractivity contribution in [2.45, 2.75) is 11.7 Å². The van der Waals surface area contributed by atoms with Crippen LogP contribution in [0.15, 0.2) is 17.3 Å². The fourth-order valence-corrected chi connectivity index (χ4v) is 2.83. The van der Waals surface area contributed by atoms with Crippen molar-refractivity contribution in [2.75, 3.05) is 33.6 Å². The Morgan fingerprint density at radius 1 is 1.12 bits per heavy atom. The third-order valence-electron chi connectivity index (χ3n) is 3.19. The Morgan fingerprint density at radius 2 is 1.88 bits per heavy atom. The van der Waals surface area contributed by atoms with Crippen molar-refractivity contribution in [1.82, 2.24) is 25.5 Å². The van der Waals surface area contributed by atoms with Crippen LogP contribution in [0.2, 0.25) is 0 Å². The molecule has 0 saturated heterocycles. The average Bonchev–Trinajstić information content (AvgIpc) is 2.98. The molecule has 1 heterocycles. The molecule has 1 aromatic carbocycles. The highest BCUT2D eigenvalue weighted by Crippen LogP contribution is 2.39. The van der Waals surface area contributed by atoms with Gasteiger partial charge in [0.1, 0.15) is 0 Å². The molecule has 0 fully saturated rings. The first-order valence-electron chi connectivity index (χ1n) is 7.05. The number of nitrogens with one attached hydrogen (secondary N) is 1. The van der Waals surface area contributed by atoms with Gasteiger partial charge in [0.15, 0.2) is 11.5 Å². The highest BCUT2D eigenvalue weighted by molar-refractivity contribution is 7.99. The van der Waals surface area contributed by atoms with Crippen LogP contribution in [0.3, 0.4) is 0 Å². The Balaban J connectivity index is 0.00000288. The fraction of sp³-hybridized carbons (Fsp3) is 0.500. The summed E-state index contributed by atoms with van der Waals surface area (Å²) in [6.45, 7) is 1.48. The topological polar surface area (TPSA) is 83.3 Å². The number of tetrazole rings is 1. The molecule has 8 nitrogen and oxygen atoms in total. The molecule has 1 N–H and O–H groups in total. The SMILES string of the molecule is COc1ccc(CNCCSc2nnnn2C)c(OC)c1OC.Cl. The van der Waals surface area contributed by atoms with Gasteiger partial charge in [0.2, 0.25) is 10.9 Å². The van der Waals surface area contributed by atoms with Crippen LogP contribution in [-0.4, -0.2) is 53.8 Å². The predicted octanol–water partition coefficient (Wildman–Crippen LogP) is 1.54. The van der Waals surface area contributed by atoms with Gasteiger partial charge in [-0.2, -0.15) is 0 Å². The first-order valence-corrected chi connectivity index (χ1v) is 8.03. The number of thioether (sulfide) groups is 1. The van der Waals surface area contributed by atoms with Crippen LogP contribution in [0.4, 0.5) is 0 Å². The molecule has 24 heavy (non-hydrogen) atoms. The molecule has 0 aliphatic heterocycles. The van der Waals surface area contributed by atoms with E-state index in [2.05, 4.69) is 20.8 Å². The first kappa shape index (κ1) is 20.3. The van der Waals surface area contributed by atoms with E-state index in [9.17, 15) is 0 Å². The van der Waals surface area contributed by atoms with Gasteiger partial charge in [-0.15, -0.1) is 17.5 Å². The van der Waals surface area contributed by atoms with Gasteiger partial charge in [-0.25, -0.2) is 4.68 Å². The Bertz CT molecular complexity index is 641. The molecule has 0 aliphatic rings. The van der Waals surface area contributed by atoms with Crippen molar-refractivity contribution < 1.29 is 14.2 Å². The number of aromatic nitrogens is 4. The molecule has 0 amide bonds. The molecule has 1 aromatic heterocycles. The lowest BCUT2D eigenvalue weighted by Gasteiger charge is -2.16. The van der Waals surface area contributed by atoms with Crippen LogP contribution in [-0.2, 0) is 13.6 Å². The van der Waals surface area contributed by atoms with Crippen molar-refractivity contribution in [3.8, 4) is 17.2 Å². The van der Waals surface area contributed by atoms with Gasteiger partial charge in [0.25, 0.3) is 0 Å². The van der Waals surface area contributed by atoms with Gasteiger partial charge in [-0.3, -0.25) is 0 Å². The predicted molar refractivity (Wildman–Crippen MR) is 94.6 cm³/mol. The van der Waals surface area contributed by atoms with E-state index in [0.29, 0.717) is 23.8 Å². The number of benzene rings is 1. The van der Waals surface area contributed by atoms with Gasteiger partial charge in [0.05, 0.1) is 21.3 Å². The molecule has 2 rings (SSSR count). The van der Waals surface area contributed by atoms with Gasteiger partial charge in [-0.05, 0) is 16.5 Å². The van der Waals surface area contributed by atoms with Crippen LogP contribution in [0, 0.1) is 0 Å². The lowest BCUT2D eigenvalue weighted by molar-refractivity contribution is 0.321. The minimum absolute atomic E-state index is 0. The van der Waals surface area contributed by atoms with E-state index in [4.69, 9.17) is 14.2 Å². The number of methoxy groups -OCH3 is 3. The molecule has 2 aromatic rings. The van der Waals surface area contributed by atoms with Crippen LogP contribution in [0.25, 0.3) is 0 Å². The molecular weight excluding hydrogens is 354 g/mol. The van der Waals surface area contributed by atoms with Crippen molar-refractivity contribution >= 4 is 24.2 Å². The summed E-state index contributed by atoms with van der Waals surface area (Å²) in [5.41, 5.74) is 1.01. The quantitative estimate of drug-likeness (QED) is 0.522. The molecule has 0 bridgehead atoms. The maximum absolute atomic E-state index is 5.46. The number of hydrogen-bond donors (Lipinski definition) is 1. The van der Waals surface area contributed by atoms with Gasteiger partial charge < -0.3 is 19.5 Å².